The van der Waals surface area contributed by atoms with Gasteiger partial charge in [0.25, 0.3) is 0 Å². The molecule has 0 amide bonds. The number of ketones is 1. The molecule has 1 fully saturated rings. The lowest BCUT2D eigenvalue weighted by molar-refractivity contribution is -0.136. The van der Waals surface area contributed by atoms with E-state index >= 15 is 0 Å². The van der Waals surface area contributed by atoms with Crippen molar-refractivity contribution in [1.29, 1.82) is 0 Å². The Morgan fingerprint density at radius 2 is 1.96 bits per heavy atom. The molecule has 1 aromatic carbocycles. The van der Waals surface area contributed by atoms with Gasteiger partial charge in [-0.15, -0.1) is 0 Å². The molecule has 0 radical (unpaired) electrons. The first kappa shape index (κ1) is 19.5. The van der Waals surface area contributed by atoms with Gasteiger partial charge in [-0.2, -0.15) is 13.2 Å². The highest BCUT2D eigenvalue weighted by Gasteiger charge is 2.36. The number of carbonyl (C=O) groups is 1. The Kier molecular flexibility index (Phi) is 5.07. The molecule has 2 atom stereocenters. The number of aromatic nitrogens is 2. The maximum absolute atomic E-state index is 13.6. The lowest BCUT2D eigenvalue weighted by Crippen LogP contribution is -2.47. The Morgan fingerprint density at radius 1 is 1.26 bits per heavy atom. The summed E-state index contributed by atoms with van der Waals surface area (Å²) in [6, 6.07) is 1.61. The highest BCUT2D eigenvalue weighted by atomic mass is 19.4. The van der Waals surface area contributed by atoms with Gasteiger partial charge in [0.1, 0.15) is 18.1 Å². The molecule has 0 aliphatic carbocycles. The van der Waals surface area contributed by atoms with Gasteiger partial charge < -0.3 is 15.0 Å². The Morgan fingerprint density at radius 3 is 2.56 bits per heavy atom. The maximum Gasteiger partial charge on any atom is 0.418 e. The van der Waals surface area contributed by atoms with E-state index in [1.165, 1.54) is 6.07 Å². The van der Waals surface area contributed by atoms with Gasteiger partial charge in [0, 0.05) is 37.0 Å². The van der Waals surface area contributed by atoms with Crippen molar-refractivity contribution in [2.24, 2.45) is 0 Å². The standard InChI is InChI=1S/C18H22F3N3O3/c1-9(2)24-16-14(18(19,20)21)6-13(7-15(16)23-17(24)26)27-8-11-5-12(25)4-10(3)22-11/h6-7,9-11,22H,4-5,8H2,1-3H3,(H,23,26)/t10-,11-/m0/s1. The molecule has 1 aliphatic rings. The molecule has 2 aromatic rings. The molecular weight excluding hydrogens is 363 g/mol. The van der Waals surface area contributed by atoms with Gasteiger partial charge >= 0.3 is 11.9 Å². The van der Waals surface area contributed by atoms with Crippen molar-refractivity contribution in [3.8, 4) is 5.75 Å². The number of H-pyrrole nitrogens is 1. The second-order valence-electron chi connectivity index (χ2n) is 7.28. The zero-order valence-corrected chi connectivity index (χ0v) is 15.3. The van der Waals surface area contributed by atoms with Crippen molar-refractivity contribution in [2.45, 2.75) is 57.9 Å². The van der Waals surface area contributed by atoms with Gasteiger partial charge in [-0.1, -0.05) is 0 Å². The van der Waals surface area contributed by atoms with Gasteiger partial charge in [-0.3, -0.25) is 9.36 Å². The van der Waals surface area contributed by atoms with Crippen molar-refractivity contribution < 1.29 is 22.7 Å². The number of rotatable bonds is 4. The van der Waals surface area contributed by atoms with E-state index in [9.17, 15) is 22.8 Å². The highest BCUT2D eigenvalue weighted by molar-refractivity contribution is 5.82. The summed E-state index contributed by atoms with van der Waals surface area (Å²) in [5.74, 6) is 0.0964. The summed E-state index contributed by atoms with van der Waals surface area (Å²) in [4.78, 5) is 26.2. The van der Waals surface area contributed by atoms with Crippen molar-refractivity contribution >= 4 is 16.8 Å². The summed E-state index contributed by atoms with van der Waals surface area (Å²) in [5, 5.41) is 3.20. The van der Waals surface area contributed by atoms with Crippen LogP contribution in [0.1, 0.15) is 45.2 Å². The second-order valence-corrected chi connectivity index (χ2v) is 7.28. The number of piperidine rings is 1. The predicted octanol–water partition coefficient (Wildman–Crippen LogP) is 3.02. The maximum atomic E-state index is 13.6. The third-order valence-corrected chi connectivity index (χ3v) is 4.59. The van der Waals surface area contributed by atoms with Crippen LogP contribution in [-0.4, -0.2) is 34.0 Å². The number of carbonyl (C=O) groups excluding carboxylic acids is 1. The van der Waals surface area contributed by atoms with Crippen LogP contribution >= 0.6 is 0 Å². The Balaban J connectivity index is 1.95. The third kappa shape index (κ3) is 4.02. The number of nitrogens with one attached hydrogen (secondary N) is 2. The summed E-state index contributed by atoms with van der Waals surface area (Å²) >= 11 is 0. The number of Topliss-reactive ketones (excluding diaryl/α,β-unsaturated/α-hetero) is 1. The highest BCUT2D eigenvalue weighted by Crippen LogP contribution is 2.37. The minimum Gasteiger partial charge on any atom is -0.492 e. The molecule has 27 heavy (non-hydrogen) atoms. The molecule has 3 rings (SSSR count). The number of imidazole rings is 1. The summed E-state index contributed by atoms with van der Waals surface area (Å²) < 4.78 is 47.5. The molecule has 2 heterocycles. The quantitative estimate of drug-likeness (QED) is 0.848. The average Bonchev–Trinajstić information content (AvgIpc) is 2.86. The van der Waals surface area contributed by atoms with Crippen LogP contribution in [-0.2, 0) is 11.0 Å². The number of hydrogen-bond donors (Lipinski definition) is 2. The van der Waals surface area contributed by atoms with Gasteiger partial charge in [-0.25, -0.2) is 4.79 Å². The monoisotopic (exact) mass is 385 g/mol. The van der Waals surface area contributed by atoms with E-state index in [4.69, 9.17) is 4.74 Å². The first-order chi connectivity index (χ1) is 12.6. The number of hydrogen-bond acceptors (Lipinski definition) is 4. The topological polar surface area (TPSA) is 76.1 Å². The Labute approximate surface area is 153 Å². The summed E-state index contributed by atoms with van der Waals surface area (Å²) in [5.41, 5.74) is -1.65. The van der Waals surface area contributed by atoms with Crippen LogP contribution in [0, 0.1) is 0 Å². The smallest absolute Gasteiger partial charge is 0.418 e. The number of nitrogens with zero attached hydrogens (tertiary/aromatic N) is 1. The lowest BCUT2D eigenvalue weighted by atomic mass is 9.99. The molecule has 1 aliphatic heterocycles. The number of halogens is 3. The number of aromatic amines is 1. The Hall–Kier alpha value is -2.29. The normalized spacial score (nSPS) is 21.2. The molecule has 0 bridgehead atoms. The largest absolute Gasteiger partial charge is 0.492 e. The fourth-order valence-electron chi connectivity index (χ4n) is 3.56. The molecule has 2 N–H and O–H groups in total. The van der Waals surface area contributed by atoms with Gasteiger partial charge in [0.15, 0.2) is 0 Å². The summed E-state index contributed by atoms with van der Waals surface area (Å²) in [6.45, 7) is 5.23. The zero-order valence-electron chi connectivity index (χ0n) is 15.3. The van der Waals surface area contributed by atoms with E-state index in [2.05, 4.69) is 10.3 Å². The summed E-state index contributed by atoms with van der Waals surface area (Å²) in [6.07, 6.45) is -3.93. The second kappa shape index (κ2) is 7.03. The average molecular weight is 385 g/mol. The van der Waals surface area contributed by atoms with Crippen LogP contribution in [0.15, 0.2) is 16.9 Å². The lowest BCUT2D eigenvalue weighted by Gasteiger charge is -2.27. The molecule has 0 spiro atoms. The van der Waals surface area contributed by atoms with E-state index in [1.807, 2.05) is 6.92 Å². The number of fused-ring (bicyclic) bond motifs is 1. The fourth-order valence-corrected chi connectivity index (χ4v) is 3.56. The molecule has 148 valence electrons. The van der Waals surface area contributed by atoms with Crippen molar-refractivity contribution in [2.75, 3.05) is 6.61 Å². The van der Waals surface area contributed by atoms with E-state index in [-0.39, 0.29) is 47.7 Å². The zero-order chi connectivity index (χ0) is 19.9. The van der Waals surface area contributed by atoms with Crippen LogP contribution in [0.4, 0.5) is 13.2 Å². The van der Waals surface area contributed by atoms with E-state index in [0.29, 0.717) is 6.42 Å². The molecule has 1 aromatic heterocycles. The van der Waals surface area contributed by atoms with Crippen molar-refractivity contribution in [3.05, 3.63) is 28.2 Å². The molecule has 0 saturated carbocycles. The first-order valence-electron chi connectivity index (χ1n) is 8.82. The van der Waals surface area contributed by atoms with Crippen LogP contribution in [0.5, 0.6) is 5.75 Å². The number of alkyl halides is 3. The van der Waals surface area contributed by atoms with Crippen molar-refractivity contribution in [3.63, 3.8) is 0 Å². The van der Waals surface area contributed by atoms with Crippen LogP contribution < -0.4 is 15.7 Å². The number of ether oxygens (including phenoxy) is 1. The van der Waals surface area contributed by atoms with Crippen LogP contribution in [0.3, 0.4) is 0 Å². The van der Waals surface area contributed by atoms with Crippen molar-refractivity contribution in [1.82, 2.24) is 14.9 Å². The molecule has 9 heteroatoms. The van der Waals surface area contributed by atoms with Crippen LogP contribution in [0.2, 0.25) is 0 Å². The predicted molar refractivity (Wildman–Crippen MR) is 94.1 cm³/mol. The fraction of sp³-hybridized carbons (Fsp3) is 0.556. The van der Waals surface area contributed by atoms with Crippen LogP contribution in [0.25, 0.3) is 11.0 Å². The molecule has 6 nitrogen and oxygen atoms in total. The van der Waals surface area contributed by atoms with Gasteiger partial charge in [0.2, 0.25) is 0 Å². The molecule has 1 saturated heterocycles. The van der Waals surface area contributed by atoms with Gasteiger partial charge in [-0.05, 0) is 26.8 Å². The van der Waals surface area contributed by atoms with E-state index < -0.39 is 23.5 Å². The molecule has 0 unspecified atom stereocenters. The SMILES string of the molecule is CC(C)n1c(=O)[nH]c2cc(OC[C@@H]3CC(=O)C[C@H](C)N3)cc(C(F)(F)F)c21. The summed E-state index contributed by atoms with van der Waals surface area (Å²) in [7, 11) is 0. The minimum atomic E-state index is -4.64. The number of benzene rings is 1. The molecular formula is C18H22F3N3O3. The first-order valence-corrected chi connectivity index (χ1v) is 8.82. The van der Waals surface area contributed by atoms with E-state index in [0.717, 1.165) is 10.6 Å². The van der Waals surface area contributed by atoms with Gasteiger partial charge in [0.05, 0.1) is 16.6 Å². The third-order valence-electron chi connectivity index (χ3n) is 4.59. The Bertz CT molecular complexity index is 914. The van der Waals surface area contributed by atoms with E-state index in [1.54, 1.807) is 13.8 Å². The minimum absolute atomic E-state index is 0.000503.